The summed E-state index contributed by atoms with van der Waals surface area (Å²) in [5.74, 6) is 0. The molecule has 0 saturated heterocycles. The van der Waals surface area contributed by atoms with E-state index in [2.05, 4.69) is 0 Å². The number of hydrogen-bond acceptors (Lipinski definition) is 5. The van der Waals surface area contributed by atoms with Crippen LogP contribution in [-0.4, -0.2) is 34.6 Å². The second kappa shape index (κ2) is 7.46. The van der Waals surface area contributed by atoms with Crippen LogP contribution in [0.5, 0.6) is 0 Å². The minimum absolute atomic E-state index is 0.0427. The minimum atomic E-state index is -0.834. The first-order chi connectivity index (χ1) is 9.08. The molecule has 0 aromatic heterocycles. The van der Waals surface area contributed by atoms with Gasteiger partial charge in [0.15, 0.2) is 0 Å². The Hall–Kier alpha value is -1.97. The predicted molar refractivity (Wildman–Crippen MR) is 70.4 cm³/mol. The average molecular weight is 263 g/mol. The molecule has 6 heteroatoms. The van der Waals surface area contributed by atoms with Gasteiger partial charge in [0.25, 0.3) is 5.69 Å². The lowest BCUT2D eigenvalue weighted by atomic mass is 10.1. The van der Waals surface area contributed by atoms with Gasteiger partial charge in [0.1, 0.15) is 0 Å². The van der Waals surface area contributed by atoms with Gasteiger partial charge in [-0.05, 0) is 18.5 Å². The first-order valence-electron chi connectivity index (χ1n) is 6.10. The van der Waals surface area contributed by atoms with E-state index in [4.69, 9.17) is 5.26 Å². The molecule has 0 aliphatic rings. The Morgan fingerprint density at radius 2 is 2.32 bits per heavy atom. The summed E-state index contributed by atoms with van der Waals surface area (Å²) in [6.07, 6.45) is 0.0448. The quantitative estimate of drug-likeness (QED) is 0.460. The molecule has 0 spiro atoms. The fourth-order valence-corrected chi connectivity index (χ4v) is 1.85. The lowest BCUT2D eigenvalue weighted by Gasteiger charge is -2.21. The smallest absolute Gasteiger partial charge is 0.269 e. The molecule has 0 heterocycles. The van der Waals surface area contributed by atoms with Gasteiger partial charge < -0.3 is 5.11 Å². The highest BCUT2D eigenvalue weighted by molar-refractivity contribution is 5.35. The Kier molecular flexibility index (Phi) is 5.93. The normalized spacial score (nSPS) is 12.1. The molecule has 0 aliphatic heterocycles. The maximum Gasteiger partial charge on any atom is 0.269 e. The molecule has 1 aromatic carbocycles. The third-order valence-electron chi connectivity index (χ3n) is 2.73. The van der Waals surface area contributed by atoms with Crippen LogP contribution in [0, 0.1) is 21.4 Å². The average Bonchev–Trinajstić information content (AvgIpc) is 2.39. The highest BCUT2D eigenvalue weighted by Crippen LogP contribution is 2.20. The van der Waals surface area contributed by atoms with Gasteiger partial charge in [0.05, 0.1) is 23.6 Å². The van der Waals surface area contributed by atoms with Crippen LogP contribution in [0.2, 0.25) is 0 Å². The Labute approximate surface area is 112 Å². The van der Waals surface area contributed by atoms with E-state index < -0.39 is 11.0 Å². The van der Waals surface area contributed by atoms with Crippen LogP contribution in [-0.2, 0) is 0 Å². The van der Waals surface area contributed by atoms with Crippen molar-refractivity contribution in [2.75, 3.05) is 19.6 Å². The standard InChI is InChI=1S/C13H17N3O3/c1-2-7-15(8-6-14)10-13(17)11-4-3-5-12(9-11)16(18)19/h3-5,9,13,17H,2,7-8,10H2,1H3. The highest BCUT2D eigenvalue weighted by atomic mass is 16.6. The Balaban J connectivity index is 2.76. The van der Waals surface area contributed by atoms with Crippen molar-refractivity contribution in [3.63, 3.8) is 0 Å². The van der Waals surface area contributed by atoms with E-state index in [1.54, 1.807) is 12.1 Å². The molecule has 1 rings (SSSR count). The van der Waals surface area contributed by atoms with E-state index >= 15 is 0 Å². The fourth-order valence-electron chi connectivity index (χ4n) is 1.85. The first kappa shape index (κ1) is 15.1. The Morgan fingerprint density at radius 3 is 2.89 bits per heavy atom. The summed E-state index contributed by atoms with van der Waals surface area (Å²) in [6.45, 7) is 3.23. The van der Waals surface area contributed by atoms with Crippen LogP contribution in [0.3, 0.4) is 0 Å². The molecular weight excluding hydrogens is 246 g/mol. The largest absolute Gasteiger partial charge is 0.387 e. The zero-order chi connectivity index (χ0) is 14.3. The van der Waals surface area contributed by atoms with E-state index in [0.29, 0.717) is 18.7 Å². The van der Waals surface area contributed by atoms with Crippen molar-refractivity contribution in [1.29, 1.82) is 5.26 Å². The molecule has 102 valence electrons. The summed E-state index contributed by atoms with van der Waals surface area (Å²) in [4.78, 5) is 12.0. The van der Waals surface area contributed by atoms with Crippen LogP contribution in [0.25, 0.3) is 0 Å². The van der Waals surface area contributed by atoms with Crippen LogP contribution >= 0.6 is 0 Å². The molecular formula is C13H17N3O3. The molecule has 0 bridgehead atoms. The van der Waals surface area contributed by atoms with E-state index in [9.17, 15) is 15.2 Å². The van der Waals surface area contributed by atoms with Crippen molar-refractivity contribution in [3.8, 4) is 6.07 Å². The predicted octanol–water partition coefficient (Wildman–Crippen LogP) is 1.86. The number of nitriles is 1. The van der Waals surface area contributed by atoms with Gasteiger partial charge in [0, 0.05) is 18.7 Å². The van der Waals surface area contributed by atoms with Crippen molar-refractivity contribution in [2.45, 2.75) is 19.4 Å². The summed E-state index contributed by atoms with van der Waals surface area (Å²) in [7, 11) is 0. The summed E-state index contributed by atoms with van der Waals surface area (Å²) in [5, 5.41) is 29.5. The van der Waals surface area contributed by atoms with Gasteiger partial charge in [-0.15, -0.1) is 0 Å². The third kappa shape index (κ3) is 4.66. The Bertz CT molecular complexity index is 470. The molecule has 1 N–H and O–H groups in total. The number of nitrogens with zero attached hydrogens (tertiary/aromatic N) is 3. The van der Waals surface area contributed by atoms with Gasteiger partial charge >= 0.3 is 0 Å². The summed E-state index contributed by atoms with van der Waals surface area (Å²) >= 11 is 0. The van der Waals surface area contributed by atoms with Gasteiger partial charge in [-0.25, -0.2) is 0 Å². The summed E-state index contributed by atoms with van der Waals surface area (Å²) in [6, 6.07) is 7.99. The number of aliphatic hydroxyl groups is 1. The maximum absolute atomic E-state index is 10.7. The number of non-ortho nitro benzene ring substituents is 1. The second-order valence-corrected chi connectivity index (χ2v) is 4.26. The van der Waals surface area contributed by atoms with Gasteiger partial charge in [-0.2, -0.15) is 5.26 Å². The second-order valence-electron chi connectivity index (χ2n) is 4.26. The van der Waals surface area contributed by atoms with Crippen molar-refractivity contribution in [1.82, 2.24) is 4.90 Å². The molecule has 0 fully saturated rings. The topological polar surface area (TPSA) is 90.4 Å². The van der Waals surface area contributed by atoms with Crippen LogP contribution < -0.4 is 0 Å². The molecule has 0 radical (unpaired) electrons. The molecule has 1 aromatic rings. The summed E-state index contributed by atoms with van der Waals surface area (Å²) in [5.41, 5.74) is 0.451. The highest BCUT2D eigenvalue weighted by Gasteiger charge is 2.15. The fraction of sp³-hybridized carbons (Fsp3) is 0.462. The molecule has 1 unspecified atom stereocenters. The van der Waals surface area contributed by atoms with Crippen LogP contribution in [0.15, 0.2) is 24.3 Å². The Morgan fingerprint density at radius 1 is 1.58 bits per heavy atom. The third-order valence-corrected chi connectivity index (χ3v) is 2.73. The van der Waals surface area contributed by atoms with E-state index in [-0.39, 0.29) is 12.2 Å². The summed E-state index contributed by atoms with van der Waals surface area (Å²) < 4.78 is 0. The number of hydrogen-bond donors (Lipinski definition) is 1. The molecule has 6 nitrogen and oxygen atoms in total. The lowest BCUT2D eigenvalue weighted by Crippen LogP contribution is -2.29. The molecule has 0 amide bonds. The van der Waals surface area contributed by atoms with Gasteiger partial charge in [-0.1, -0.05) is 19.1 Å². The van der Waals surface area contributed by atoms with Gasteiger partial charge in [-0.3, -0.25) is 15.0 Å². The van der Waals surface area contributed by atoms with Crippen molar-refractivity contribution >= 4 is 5.69 Å². The number of aliphatic hydroxyl groups excluding tert-OH is 1. The van der Waals surface area contributed by atoms with E-state index in [1.807, 2.05) is 17.9 Å². The zero-order valence-electron chi connectivity index (χ0n) is 10.8. The molecule has 0 aliphatic carbocycles. The lowest BCUT2D eigenvalue weighted by molar-refractivity contribution is -0.385. The van der Waals surface area contributed by atoms with Crippen molar-refractivity contribution in [3.05, 3.63) is 39.9 Å². The maximum atomic E-state index is 10.7. The molecule has 1 atom stereocenters. The number of nitro groups is 1. The van der Waals surface area contributed by atoms with Crippen LogP contribution in [0.1, 0.15) is 25.0 Å². The zero-order valence-corrected chi connectivity index (χ0v) is 10.8. The SMILES string of the molecule is CCCN(CC#N)CC(O)c1cccc([N+](=O)[O-])c1. The van der Waals surface area contributed by atoms with E-state index in [0.717, 1.165) is 6.42 Å². The number of nitro benzene ring substituents is 1. The first-order valence-corrected chi connectivity index (χ1v) is 6.10. The molecule has 0 saturated carbocycles. The van der Waals surface area contributed by atoms with Crippen LogP contribution in [0.4, 0.5) is 5.69 Å². The minimum Gasteiger partial charge on any atom is -0.387 e. The van der Waals surface area contributed by atoms with E-state index in [1.165, 1.54) is 12.1 Å². The monoisotopic (exact) mass is 263 g/mol. The number of rotatable bonds is 7. The van der Waals surface area contributed by atoms with Crippen molar-refractivity contribution in [2.24, 2.45) is 0 Å². The number of benzene rings is 1. The van der Waals surface area contributed by atoms with Crippen molar-refractivity contribution < 1.29 is 10.0 Å². The van der Waals surface area contributed by atoms with Gasteiger partial charge in [0.2, 0.25) is 0 Å². The molecule has 19 heavy (non-hydrogen) atoms.